The van der Waals surface area contributed by atoms with Crippen LogP contribution in [0.2, 0.25) is 0 Å². The Morgan fingerprint density at radius 3 is 2.00 bits per heavy atom. The molecular formula is C29H37FN4O2S. The van der Waals surface area contributed by atoms with Crippen molar-refractivity contribution in [3.05, 3.63) is 47.8 Å². The normalized spacial score (nSPS) is 21.5. The Morgan fingerprint density at radius 1 is 0.838 bits per heavy atom. The highest BCUT2D eigenvalue weighted by Crippen LogP contribution is 2.36. The average Bonchev–Trinajstić information content (AvgIpc) is 3.20. The highest BCUT2D eigenvalue weighted by molar-refractivity contribution is 7.90. The van der Waals surface area contributed by atoms with E-state index in [-0.39, 0.29) is 16.6 Å². The molecule has 3 heterocycles. The number of hydrogen-bond acceptors (Lipinski definition) is 5. The molecular weight excluding hydrogens is 487 g/mol. The van der Waals surface area contributed by atoms with Crippen LogP contribution < -0.4 is 0 Å². The number of hydrogen-bond donors (Lipinski definition) is 0. The van der Waals surface area contributed by atoms with E-state index in [1.807, 2.05) is 19.2 Å². The average molecular weight is 525 g/mol. The first kappa shape index (κ1) is 25.0. The second-order valence-electron chi connectivity index (χ2n) is 11.3. The van der Waals surface area contributed by atoms with E-state index in [1.165, 1.54) is 51.4 Å². The lowest BCUT2D eigenvalue weighted by Gasteiger charge is -2.45. The molecule has 0 bridgehead atoms. The minimum Gasteiger partial charge on any atom is -0.325 e. The Hall–Kier alpha value is -2.29. The summed E-state index contributed by atoms with van der Waals surface area (Å²) in [6.07, 6.45) is 9.89. The summed E-state index contributed by atoms with van der Waals surface area (Å²) in [5.41, 5.74) is 2.71. The highest BCUT2D eigenvalue weighted by Gasteiger charge is 2.33. The monoisotopic (exact) mass is 524 g/mol. The Labute approximate surface area is 219 Å². The Kier molecular flexibility index (Phi) is 6.62. The van der Waals surface area contributed by atoms with E-state index in [1.54, 1.807) is 28.8 Å². The van der Waals surface area contributed by atoms with Gasteiger partial charge in [0, 0.05) is 31.0 Å². The third-order valence-electron chi connectivity index (χ3n) is 9.12. The van der Waals surface area contributed by atoms with Gasteiger partial charge in [-0.2, -0.15) is 0 Å². The summed E-state index contributed by atoms with van der Waals surface area (Å²) < 4.78 is 41.3. The molecule has 6 nitrogen and oxygen atoms in total. The van der Waals surface area contributed by atoms with Gasteiger partial charge in [0.2, 0.25) is 0 Å². The number of nitrogens with zero attached hydrogens (tertiary/aromatic N) is 4. The molecule has 1 aromatic heterocycles. The summed E-state index contributed by atoms with van der Waals surface area (Å²) in [7, 11) is -1.44. The van der Waals surface area contributed by atoms with E-state index in [4.69, 9.17) is 0 Å². The van der Waals surface area contributed by atoms with Crippen molar-refractivity contribution in [1.82, 2.24) is 19.4 Å². The second kappa shape index (κ2) is 9.79. The molecule has 6 rings (SSSR count). The standard InChI is InChI=1S/C29H37FN4O2S/c1-32-28-26(31-29(32)21-6-8-24(9-7-21)37(2,35)36)11-10-25(27(28)30)20-12-16-33(17-13-20)23-14-18-34(19-15-23)22-4-3-5-22/h6-11,20,22-23H,3-5,12-19H2,1-2H3. The second-order valence-corrected chi connectivity index (χ2v) is 13.3. The maximum atomic E-state index is 15.9. The molecule has 1 aliphatic carbocycles. The minimum atomic E-state index is -3.27. The van der Waals surface area contributed by atoms with E-state index in [0.29, 0.717) is 22.9 Å². The first-order chi connectivity index (χ1) is 17.8. The first-order valence-electron chi connectivity index (χ1n) is 13.7. The smallest absolute Gasteiger partial charge is 0.175 e. The first-order valence-corrected chi connectivity index (χ1v) is 15.6. The van der Waals surface area contributed by atoms with E-state index < -0.39 is 9.84 Å². The lowest BCUT2D eigenvalue weighted by molar-refractivity contribution is 0.0467. The van der Waals surface area contributed by atoms with Crippen molar-refractivity contribution in [3.63, 3.8) is 0 Å². The number of benzene rings is 2. The van der Waals surface area contributed by atoms with Crippen LogP contribution in [0.3, 0.4) is 0 Å². The third kappa shape index (κ3) is 4.72. The summed E-state index contributed by atoms with van der Waals surface area (Å²) in [6, 6.07) is 12.0. The van der Waals surface area contributed by atoms with Crippen molar-refractivity contribution in [2.75, 3.05) is 32.4 Å². The number of likely N-dealkylation sites (tertiary alicyclic amines) is 2. The number of imidazole rings is 1. The fourth-order valence-electron chi connectivity index (χ4n) is 6.64. The van der Waals surface area contributed by atoms with Crippen LogP contribution in [0.1, 0.15) is 56.4 Å². The van der Waals surface area contributed by atoms with Crippen molar-refractivity contribution < 1.29 is 12.8 Å². The zero-order valence-electron chi connectivity index (χ0n) is 21.9. The predicted molar refractivity (Wildman–Crippen MR) is 145 cm³/mol. The molecule has 8 heteroatoms. The molecule has 198 valence electrons. The zero-order chi connectivity index (χ0) is 25.7. The maximum Gasteiger partial charge on any atom is 0.175 e. The number of sulfone groups is 1. The number of aromatic nitrogens is 2. The third-order valence-corrected chi connectivity index (χ3v) is 10.2. The van der Waals surface area contributed by atoms with Gasteiger partial charge in [-0.3, -0.25) is 0 Å². The van der Waals surface area contributed by atoms with Crippen LogP contribution in [-0.4, -0.2) is 72.3 Å². The molecule has 0 amide bonds. The molecule has 3 aromatic rings. The number of halogens is 1. The quantitative estimate of drug-likeness (QED) is 0.471. The van der Waals surface area contributed by atoms with Gasteiger partial charge < -0.3 is 14.4 Å². The molecule has 2 aromatic carbocycles. The summed E-state index contributed by atoms with van der Waals surface area (Å²) in [5.74, 6) is 0.691. The van der Waals surface area contributed by atoms with Crippen LogP contribution in [-0.2, 0) is 16.9 Å². The fraction of sp³-hybridized carbons (Fsp3) is 0.552. The molecule has 3 aliphatic rings. The van der Waals surface area contributed by atoms with Gasteiger partial charge in [0.15, 0.2) is 15.7 Å². The number of rotatable bonds is 5. The molecule has 1 saturated carbocycles. The van der Waals surface area contributed by atoms with E-state index in [0.717, 1.165) is 43.1 Å². The minimum absolute atomic E-state index is 0.168. The number of aryl methyl sites for hydroxylation is 1. The zero-order valence-corrected chi connectivity index (χ0v) is 22.7. The van der Waals surface area contributed by atoms with Gasteiger partial charge in [0.1, 0.15) is 11.3 Å². The van der Waals surface area contributed by atoms with Crippen LogP contribution >= 0.6 is 0 Å². The van der Waals surface area contributed by atoms with Gasteiger partial charge in [0.25, 0.3) is 0 Å². The molecule has 0 unspecified atom stereocenters. The van der Waals surface area contributed by atoms with Gasteiger partial charge in [0.05, 0.1) is 10.4 Å². The Balaban J connectivity index is 1.16. The van der Waals surface area contributed by atoms with Crippen LogP contribution in [0, 0.1) is 5.82 Å². The SMILES string of the molecule is Cn1c(-c2ccc(S(C)(=O)=O)cc2)nc2ccc(C3CCN(C4CCN(C5CCC5)CC4)CC3)c(F)c21. The predicted octanol–water partition coefficient (Wildman–Crippen LogP) is 4.98. The summed E-state index contributed by atoms with van der Waals surface area (Å²) in [6.45, 7) is 4.56. The largest absolute Gasteiger partial charge is 0.325 e. The van der Waals surface area contributed by atoms with E-state index in [2.05, 4.69) is 14.8 Å². The molecule has 3 fully saturated rings. The topological polar surface area (TPSA) is 58.4 Å². The van der Waals surface area contributed by atoms with Crippen LogP contribution in [0.4, 0.5) is 4.39 Å². The molecule has 0 atom stereocenters. The summed E-state index contributed by atoms with van der Waals surface area (Å²) in [4.78, 5) is 10.3. The van der Waals surface area contributed by atoms with Crippen molar-refractivity contribution in [1.29, 1.82) is 0 Å². The van der Waals surface area contributed by atoms with Crippen molar-refractivity contribution in [3.8, 4) is 11.4 Å². The molecule has 37 heavy (non-hydrogen) atoms. The van der Waals surface area contributed by atoms with Crippen LogP contribution in [0.15, 0.2) is 41.3 Å². The molecule has 0 radical (unpaired) electrons. The van der Waals surface area contributed by atoms with Gasteiger partial charge in [-0.1, -0.05) is 12.5 Å². The maximum absolute atomic E-state index is 15.9. The van der Waals surface area contributed by atoms with Crippen molar-refractivity contribution in [2.45, 2.75) is 67.8 Å². The van der Waals surface area contributed by atoms with Gasteiger partial charge in [-0.15, -0.1) is 0 Å². The number of fused-ring (bicyclic) bond motifs is 1. The van der Waals surface area contributed by atoms with Gasteiger partial charge >= 0.3 is 0 Å². The molecule has 2 saturated heterocycles. The highest BCUT2D eigenvalue weighted by atomic mass is 32.2. The van der Waals surface area contributed by atoms with E-state index in [9.17, 15) is 8.42 Å². The number of piperidine rings is 2. The lowest BCUT2D eigenvalue weighted by Crippen LogP contribution is -2.51. The molecule has 0 N–H and O–H groups in total. The van der Waals surface area contributed by atoms with Gasteiger partial charge in [-0.05, 0) is 107 Å². The Morgan fingerprint density at radius 2 is 1.43 bits per heavy atom. The Bertz CT molecular complexity index is 1380. The lowest BCUT2D eigenvalue weighted by atomic mass is 9.86. The molecule has 2 aliphatic heterocycles. The van der Waals surface area contributed by atoms with Gasteiger partial charge in [-0.25, -0.2) is 17.8 Å². The summed E-state index contributed by atoms with van der Waals surface area (Å²) >= 11 is 0. The van der Waals surface area contributed by atoms with Crippen molar-refractivity contribution in [2.24, 2.45) is 7.05 Å². The van der Waals surface area contributed by atoms with E-state index >= 15 is 4.39 Å². The van der Waals surface area contributed by atoms with Crippen LogP contribution in [0.25, 0.3) is 22.4 Å². The van der Waals surface area contributed by atoms with Crippen LogP contribution in [0.5, 0.6) is 0 Å². The summed E-state index contributed by atoms with van der Waals surface area (Å²) in [5, 5.41) is 0. The molecule has 0 spiro atoms. The fourth-order valence-corrected chi connectivity index (χ4v) is 7.27. The van der Waals surface area contributed by atoms with Crippen molar-refractivity contribution >= 4 is 20.9 Å².